The number of nitrogens with zero attached hydrogens (tertiary/aromatic N) is 3. The van der Waals surface area contributed by atoms with Gasteiger partial charge >= 0.3 is 12.2 Å². The van der Waals surface area contributed by atoms with Gasteiger partial charge in [0.1, 0.15) is 0 Å². The van der Waals surface area contributed by atoms with Gasteiger partial charge < -0.3 is 14.6 Å². The number of rotatable bonds is 7. The molecule has 1 N–H and O–H groups in total. The van der Waals surface area contributed by atoms with Gasteiger partial charge in [-0.25, -0.2) is 0 Å². The first-order valence-electron chi connectivity index (χ1n) is 5.73. The molecule has 0 aliphatic rings. The third kappa shape index (κ3) is 5.35. The van der Waals surface area contributed by atoms with Crippen LogP contribution in [-0.2, 0) is 6.54 Å². The fourth-order valence-electron chi connectivity index (χ4n) is 1.23. The Labute approximate surface area is 103 Å². The van der Waals surface area contributed by atoms with Crippen molar-refractivity contribution in [1.29, 1.82) is 0 Å². The summed E-state index contributed by atoms with van der Waals surface area (Å²) in [5.41, 5.74) is 0. The van der Waals surface area contributed by atoms with Crippen LogP contribution in [0.4, 0.5) is 19.2 Å². The molecule has 5 nitrogen and oxygen atoms in total. The first-order chi connectivity index (χ1) is 8.42. The lowest BCUT2D eigenvalue weighted by atomic mass is 10.4. The maximum atomic E-state index is 12.0. The van der Waals surface area contributed by atoms with E-state index in [-0.39, 0.29) is 12.6 Å². The smallest absolute Gasteiger partial charge is 0.390 e. The van der Waals surface area contributed by atoms with Crippen LogP contribution < -0.4 is 10.2 Å². The summed E-state index contributed by atoms with van der Waals surface area (Å²) in [6.07, 6.45) is -4.11. The maximum absolute atomic E-state index is 12.0. The Balaban J connectivity index is 2.41. The highest BCUT2D eigenvalue weighted by Crippen LogP contribution is 2.21. The quantitative estimate of drug-likeness (QED) is 0.764. The van der Waals surface area contributed by atoms with Gasteiger partial charge in [-0.3, -0.25) is 0 Å². The molecule has 1 heterocycles. The average Bonchev–Trinajstić information content (AvgIpc) is 2.74. The van der Waals surface area contributed by atoms with Crippen molar-refractivity contribution in [3.05, 3.63) is 5.89 Å². The summed E-state index contributed by atoms with van der Waals surface area (Å²) in [6.45, 7) is 3.07. The van der Waals surface area contributed by atoms with Gasteiger partial charge in [0.05, 0.1) is 13.0 Å². The van der Waals surface area contributed by atoms with Crippen LogP contribution in [-0.4, -0.2) is 36.5 Å². The van der Waals surface area contributed by atoms with E-state index < -0.39 is 12.6 Å². The molecule has 0 amide bonds. The molecule has 0 bridgehead atoms. The highest BCUT2D eigenvalue weighted by atomic mass is 19.4. The van der Waals surface area contributed by atoms with Crippen molar-refractivity contribution in [1.82, 2.24) is 15.5 Å². The Morgan fingerprint density at radius 1 is 1.33 bits per heavy atom. The number of nitrogens with one attached hydrogen (secondary N) is 1. The van der Waals surface area contributed by atoms with E-state index in [1.54, 1.807) is 0 Å². The molecule has 18 heavy (non-hydrogen) atoms. The molecule has 1 aromatic heterocycles. The molecular formula is C10H17F3N4O. The number of alkyl halides is 3. The molecule has 1 rings (SSSR count). The lowest BCUT2D eigenvalue weighted by Gasteiger charge is -2.14. The van der Waals surface area contributed by atoms with Gasteiger partial charge in [0.2, 0.25) is 5.89 Å². The maximum Gasteiger partial charge on any atom is 0.390 e. The van der Waals surface area contributed by atoms with E-state index in [9.17, 15) is 13.2 Å². The summed E-state index contributed by atoms with van der Waals surface area (Å²) in [6, 6.07) is 0.104. The third-order valence-corrected chi connectivity index (χ3v) is 2.22. The second-order valence-corrected chi connectivity index (χ2v) is 3.94. The van der Waals surface area contributed by atoms with Crippen LogP contribution in [0.3, 0.4) is 0 Å². The van der Waals surface area contributed by atoms with Gasteiger partial charge in [-0.2, -0.15) is 13.2 Å². The number of halogens is 3. The average molecular weight is 266 g/mol. The van der Waals surface area contributed by atoms with Crippen LogP contribution in [0, 0.1) is 0 Å². The largest absolute Gasteiger partial charge is 0.407 e. The third-order valence-electron chi connectivity index (χ3n) is 2.22. The first kappa shape index (κ1) is 14.7. The zero-order valence-corrected chi connectivity index (χ0v) is 10.4. The highest BCUT2D eigenvalue weighted by molar-refractivity contribution is 5.21. The Morgan fingerprint density at radius 3 is 2.67 bits per heavy atom. The summed E-state index contributed by atoms with van der Waals surface area (Å²) < 4.78 is 41.3. The molecule has 0 atom stereocenters. The van der Waals surface area contributed by atoms with Crippen LogP contribution in [0.1, 0.15) is 25.7 Å². The Kier molecular flexibility index (Phi) is 5.39. The van der Waals surface area contributed by atoms with Crippen LogP contribution >= 0.6 is 0 Å². The molecule has 0 saturated carbocycles. The SMILES string of the molecule is CCCNCc1nnc(N(C)CCC(F)(F)F)o1. The lowest BCUT2D eigenvalue weighted by Crippen LogP contribution is -2.24. The minimum Gasteiger partial charge on any atom is -0.407 e. The first-order valence-corrected chi connectivity index (χ1v) is 5.73. The summed E-state index contributed by atoms with van der Waals surface area (Å²) >= 11 is 0. The van der Waals surface area contributed by atoms with Gasteiger partial charge in [-0.05, 0) is 13.0 Å². The molecule has 0 aliphatic carbocycles. The van der Waals surface area contributed by atoms with E-state index in [2.05, 4.69) is 15.5 Å². The standard InChI is InChI=1S/C10H17F3N4O/c1-3-5-14-7-8-15-16-9(18-8)17(2)6-4-10(11,12)13/h14H,3-7H2,1-2H3. The lowest BCUT2D eigenvalue weighted by molar-refractivity contribution is -0.132. The van der Waals surface area contributed by atoms with Crippen molar-refractivity contribution in [2.45, 2.75) is 32.5 Å². The van der Waals surface area contributed by atoms with E-state index in [4.69, 9.17) is 4.42 Å². The van der Waals surface area contributed by atoms with Crippen LogP contribution in [0.25, 0.3) is 0 Å². The van der Waals surface area contributed by atoms with E-state index in [1.165, 1.54) is 11.9 Å². The fourth-order valence-corrected chi connectivity index (χ4v) is 1.23. The van der Waals surface area contributed by atoms with Gasteiger partial charge in [-0.1, -0.05) is 12.0 Å². The molecule has 0 unspecified atom stereocenters. The Bertz CT molecular complexity index is 353. The molecule has 8 heteroatoms. The molecule has 104 valence electrons. The Morgan fingerprint density at radius 2 is 2.06 bits per heavy atom. The van der Waals surface area contributed by atoms with Crippen LogP contribution in [0.15, 0.2) is 4.42 Å². The molecule has 1 aromatic rings. The van der Waals surface area contributed by atoms with Crippen LogP contribution in [0.2, 0.25) is 0 Å². The molecule has 0 spiro atoms. The van der Waals surface area contributed by atoms with Crippen molar-refractivity contribution in [3.63, 3.8) is 0 Å². The van der Waals surface area contributed by atoms with Crippen molar-refractivity contribution >= 4 is 6.01 Å². The van der Waals surface area contributed by atoms with Gasteiger partial charge in [0.15, 0.2) is 0 Å². The fraction of sp³-hybridized carbons (Fsp3) is 0.800. The number of aromatic nitrogens is 2. The summed E-state index contributed by atoms with van der Waals surface area (Å²) in [7, 11) is 1.49. The van der Waals surface area contributed by atoms with E-state index in [0.717, 1.165) is 13.0 Å². The molecule has 0 radical (unpaired) electrons. The summed E-state index contributed by atoms with van der Waals surface area (Å²) in [5, 5.41) is 10.5. The second kappa shape index (κ2) is 6.58. The monoisotopic (exact) mass is 266 g/mol. The van der Waals surface area contributed by atoms with E-state index in [1.807, 2.05) is 6.92 Å². The molecule has 0 aromatic carbocycles. The molecule has 0 aliphatic heterocycles. The summed E-state index contributed by atoms with van der Waals surface area (Å²) in [5.74, 6) is 0.373. The minimum absolute atomic E-state index is 0.104. The predicted molar refractivity (Wildman–Crippen MR) is 60.2 cm³/mol. The van der Waals surface area contributed by atoms with E-state index >= 15 is 0 Å². The predicted octanol–water partition coefficient (Wildman–Crippen LogP) is 1.96. The highest BCUT2D eigenvalue weighted by Gasteiger charge is 2.28. The van der Waals surface area contributed by atoms with Gasteiger partial charge in [0, 0.05) is 13.6 Å². The zero-order chi connectivity index (χ0) is 13.6. The Hall–Kier alpha value is -1.31. The van der Waals surface area contributed by atoms with Crippen molar-refractivity contribution in [3.8, 4) is 0 Å². The number of hydrogen-bond acceptors (Lipinski definition) is 5. The van der Waals surface area contributed by atoms with Gasteiger partial charge in [-0.15, -0.1) is 5.10 Å². The van der Waals surface area contributed by atoms with Crippen molar-refractivity contribution < 1.29 is 17.6 Å². The normalized spacial score (nSPS) is 11.8. The van der Waals surface area contributed by atoms with Crippen LogP contribution in [0.5, 0.6) is 0 Å². The topological polar surface area (TPSA) is 54.2 Å². The zero-order valence-electron chi connectivity index (χ0n) is 10.4. The second-order valence-electron chi connectivity index (χ2n) is 3.94. The number of anilines is 1. The minimum atomic E-state index is -4.18. The van der Waals surface area contributed by atoms with Crippen molar-refractivity contribution in [2.75, 3.05) is 25.0 Å². The van der Waals surface area contributed by atoms with Crippen molar-refractivity contribution in [2.24, 2.45) is 0 Å². The molecule has 0 saturated heterocycles. The molecule has 0 fully saturated rings. The summed E-state index contributed by atoms with van der Waals surface area (Å²) in [4.78, 5) is 1.30. The molecular weight excluding hydrogens is 249 g/mol. The number of hydrogen-bond donors (Lipinski definition) is 1. The van der Waals surface area contributed by atoms with E-state index in [0.29, 0.717) is 12.4 Å². The van der Waals surface area contributed by atoms with Gasteiger partial charge in [0.25, 0.3) is 0 Å².